The maximum absolute atomic E-state index is 9.25. The average Bonchev–Trinajstić information content (AvgIpc) is 2.39. The summed E-state index contributed by atoms with van der Waals surface area (Å²) < 4.78 is 16.5. The van der Waals surface area contributed by atoms with Gasteiger partial charge in [0.25, 0.3) is 0 Å². The van der Waals surface area contributed by atoms with E-state index in [2.05, 4.69) is 20.8 Å². The van der Waals surface area contributed by atoms with Gasteiger partial charge in [0.1, 0.15) is 0 Å². The van der Waals surface area contributed by atoms with Crippen LogP contribution in [0.15, 0.2) is 0 Å². The van der Waals surface area contributed by atoms with Gasteiger partial charge in [0, 0.05) is 26.2 Å². The van der Waals surface area contributed by atoms with E-state index in [4.69, 9.17) is 14.2 Å². The fraction of sp³-hybridized carbons (Fsp3) is 0.929. The van der Waals surface area contributed by atoms with E-state index in [-0.39, 0.29) is 26.2 Å². The van der Waals surface area contributed by atoms with Crippen molar-refractivity contribution >= 4 is 0 Å². The van der Waals surface area contributed by atoms with Crippen LogP contribution in [0.3, 0.4) is 0 Å². The molecule has 0 aromatic rings. The molecular weight excluding hydrogens is 321 g/mol. The summed E-state index contributed by atoms with van der Waals surface area (Å²) in [6.07, 6.45) is 5.76. The van der Waals surface area contributed by atoms with E-state index < -0.39 is 5.97 Å². The zero-order valence-corrected chi connectivity index (χ0v) is 15.0. The fourth-order valence-electron chi connectivity index (χ4n) is 1.27. The molecule has 0 spiro atoms. The Hall–Kier alpha value is 0.253. The van der Waals surface area contributed by atoms with Crippen molar-refractivity contribution in [3.8, 4) is 6.07 Å². The quantitative estimate of drug-likeness (QED) is 0.399. The van der Waals surface area contributed by atoms with Crippen LogP contribution in [-0.4, -0.2) is 25.8 Å². The third-order valence-electron chi connectivity index (χ3n) is 2.51. The zero-order valence-electron chi connectivity index (χ0n) is 12.5. The molecule has 19 heavy (non-hydrogen) atoms. The molecule has 0 saturated heterocycles. The monoisotopic (exact) mass is 347 g/mol. The Balaban J connectivity index is 0. The molecule has 0 saturated carbocycles. The molecule has 0 bridgehead atoms. The minimum Gasteiger partial charge on any atom is -0.315 e. The largest absolute Gasteiger partial charge is 0.378 e. The summed E-state index contributed by atoms with van der Waals surface area (Å²) in [7, 11) is 0. The molecule has 0 amide bonds. The van der Waals surface area contributed by atoms with Gasteiger partial charge in [-0.2, -0.15) is 5.26 Å². The molecule has 0 aromatic heterocycles. The maximum Gasteiger partial charge on any atom is 0.378 e. The molecule has 110 valence electrons. The van der Waals surface area contributed by atoms with Crippen molar-refractivity contribution in [2.24, 2.45) is 0 Å². The van der Waals surface area contributed by atoms with Gasteiger partial charge in [0.2, 0.25) is 0 Å². The molecule has 0 aromatic carbocycles. The number of hydrogen-bond acceptors (Lipinski definition) is 4. The van der Waals surface area contributed by atoms with Gasteiger partial charge in [-0.25, -0.2) is 0 Å². The van der Waals surface area contributed by atoms with Crippen LogP contribution in [0, 0.1) is 11.3 Å². The van der Waals surface area contributed by atoms with E-state index in [0.29, 0.717) is 19.8 Å². The van der Waals surface area contributed by atoms with E-state index in [0.717, 1.165) is 38.5 Å². The van der Waals surface area contributed by atoms with Crippen molar-refractivity contribution in [3.05, 3.63) is 0 Å². The molecule has 0 unspecified atom stereocenters. The molecule has 5 heteroatoms. The molecule has 0 fully saturated rings. The molecule has 0 atom stereocenters. The molecule has 0 rings (SSSR count). The van der Waals surface area contributed by atoms with Crippen LogP contribution in [0.1, 0.15) is 59.3 Å². The summed E-state index contributed by atoms with van der Waals surface area (Å²) in [5.74, 6) is -1.50. The fourth-order valence-corrected chi connectivity index (χ4v) is 1.27. The molecule has 0 radical (unpaired) electrons. The van der Waals surface area contributed by atoms with Crippen LogP contribution in [0.5, 0.6) is 0 Å². The molecular formula is C14H27NO3Zr. The van der Waals surface area contributed by atoms with Crippen molar-refractivity contribution < 1.29 is 40.4 Å². The van der Waals surface area contributed by atoms with Gasteiger partial charge >= 0.3 is 5.97 Å². The Morgan fingerprint density at radius 2 is 1.11 bits per heavy atom. The normalized spacial score (nSPS) is 10.8. The number of nitriles is 1. The van der Waals surface area contributed by atoms with Crippen molar-refractivity contribution in [2.45, 2.75) is 65.3 Å². The van der Waals surface area contributed by atoms with Gasteiger partial charge < -0.3 is 14.2 Å². The first kappa shape index (κ1) is 21.5. The van der Waals surface area contributed by atoms with Crippen molar-refractivity contribution in [1.29, 1.82) is 5.26 Å². The molecule has 4 nitrogen and oxygen atoms in total. The van der Waals surface area contributed by atoms with E-state index in [1.807, 2.05) is 6.07 Å². The summed E-state index contributed by atoms with van der Waals surface area (Å²) in [6, 6.07) is 2.03. The summed E-state index contributed by atoms with van der Waals surface area (Å²) in [5.41, 5.74) is 0. The van der Waals surface area contributed by atoms with Crippen LogP contribution >= 0.6 is 0 Å². The number of ether oxygens (including phenoxy) is 3. The Kier molecular flexibility index (Phi) is 16.6. The Bertz CT molecular complexity index is 205. The topological polar surface area (TPSA) is 51.5 Å². The minimum absolute atomic E-state index is 0. The molecule has 0 aliphatic heterocycles. The first-order chi connectivity index (χ1) is 8.74. The predicted molar refractivity (Wildman–Crippen MR) is 70.9 cm³/mol. The Labute approximate surface area is 136 Å². The number of hydrogen-bond donors (Lipinski definition) is 0. The molecule has 0 heterocycles. The Morgan fingerprint density at radius 1 is 0.789 bits per heavy atom. The smallest absolute Gasteiger partial charge is 0.315 e. The second-order valence-corrected chi connectivity index (χ2v) is 4.27. The second kappa shape index (κ2) is 14.7. The second-order valence-electron chi connectivity index (χ2n) is 4.27. The molecule has 0 aliphatic carbocycles. The van der Waals surface area contributed by atoms with Crippen LogP contribution in [-0.2, 0) is 40.4 Å². The van der Waals surface area contributed by atoms with Gasteiger partial charge in [0.05, 0.1) is 19.8 Å². The number of rotatable bonds is 12. The number of nitrogens with zero attached hydrogens (tertiary/aromatic N) is 1. The summed E-state index contributed by atoms with van der Waals surface area (Å²) in [5, 5.41) is 9.25. The van der Waals surface area contributed by atoms with Crippen LogP contribution in [0.2, 0.25) is 0 Å². The van der Waals surface area contributed by atoms with Crippen molar-refractivity contribution in [3.63, 3.8) is 0 Å². The SMILES string of the molecule is CCCCOC(C#N)(OCCCC)OCCCC.[Zr]. The van der Waals surface area contributed by atoms with Gasteiger partial charge in [-0.3, -0.25) is 0 Å². The van der Waals surface area contributed by atoms with Gasteiger partial charge in [-0.05, 0) is 19.3 Å². The summed E-state index contributed by atoms with van der Waals surface area (Å²) in [6.45, 7) is 7.70. The van der Waals surface area contributed by atoms with Crippen LogP contribution in [0.4, 0.5) is 0 Å². The standard InChI is InChI=1S/C14H27NO3.Zr/c1-4-7-10-16-14(13-15,17-11-8-5-2)18-12-9-6-3;/h4-12H2,1-3H3;. The van der Waals surface area contributed by atoms with Gasteiger partial charge in [-0.1, -0.05) is 40.0 Å². The minimum atomic E-state index is -1.50. The van der Waals surface area contributed by atoms with Crippen LogP contribution < -0.4 is 0 Å². The summed E-state index contributed by atoms with van der Waals surface area (Å²) in [4.78, 5) is 0. The van der Waals surface area contributed by atoms with E-state index in [1.54, 1.807) is 0 Å². The third kappa shape index (κ3) is 10.7. The zero-order chi connectivity index (χ0) is 13.7. The van der Waals surface area contributed by atoms with E-state index >= 15 is 0 Å². The van der Waals surface area contributed by atoms with E-state index in [1.165, 1.54) is 0 Å². The van der Waals surface area contributed by atoms with Crippen molar-refractivity contribution in [2.75, 3.05) is 19.8 Å². The van der Waals surface area contributed by atoms with Gasteiger partial charge in [0.15, 0.2) is 6.07 Å². The van der Waals surface area contributed by atoms with Gasteiger partial charge in [-0.15, -0.1) is 0 Å². The Morgan fingerprint density at radius 3 is 1.32 bits per heavy atom. The molecule has 0 aliphatic rings. The number of unbranched alkanes of at least 4 members (excludes halogenated alkanes) is 3. The summed E-state index contributed by atoms with van der Waals surface area (Å²) >= 11 is 0. The van der Waals surface area contributed by atoms with Crippen LogP contribution in [0.25, 0.3) is 0 Å². The predicted octanol–water partition coefficient (Wildman–Crippen LogP) is 3.61. The average molecular weight is 349 g/mol. The first-order valence-corrected chi connectivity index (χ1v) is 7.07. The molecule has 0 N–H and O–H groups in total. The van der Waals surface area contributed by atoms with E-state index in [9.17, 15) is 5.26 Å². The third-order valence-corrected chi connectivity index (χ3v) is 2.51. The maximum atomic E-state index is 9.25. The first-order valence-electron chi connectivity index (χ1n) is 7.07. The van der Waals surface area contributed by atoms with Crippen molar-refractivity contribution in [1.82, 2.24) is 0 Å².